The first-order valence-corrected chi connectivity index (χ1v) is 11.1. The van der Waals surface area contributed by atoms with Crippen molar-refractivity contribution in [1.29, 1.82) is 0 Å². The van der Waals surface area contributed by atoms with E-state index in [1.807, 2.05) is 6.07 Å². The molecule has 9 heteroatoms. The number of rotatable bonds is 7. The van der Waals surface area contributed by atoms with Crippen molar-refractivity contribution < 1.29 is 23.7 Å². The van der Waals surface area contributed by atoms with E-state index in [1.165, 1.54) is 27.1 Å². The highest BCUT2D eigenvalue weighted by Crippen LogP contribution is 2.21. The fraction of sp³-hybridized carbons (Fsp3) is 0.652. The lowest BCUT2D eigenvalue weighted by atomic mass is 10.1. The fourth-order valence-corrected chi connectivity index (χ4v) is 4.06. The van der Waals surface area contributed by atoms with Crippen LogP contribution in [0.3, 0.4) is 0 Å². The lowest BCUT2D eigenvalue weighted by molar-refractivity contribution is -0.0721. The molecule has 180 valence electrons. The molecule has 0 radical (unpaired) electrons. The number of halogens is 1. The number of methoxy groups -OCH3 is 2. The number of guanidine groups is 1. The third-order valence-corrected chi connectivity index (χ3v) is 5.86. The van der Waals surface area contributed by atoms with Gasteiger partial charge in [0.05, 0.1) is 33.0 Å². The molecule has 0 bridgehead atoms. The van der Waals surface area contributed by atoms with Crippen molar-refractivity contribution in [2.75, 3.05) is 47.6 Å². The van der Waals surface area contributed by atoms with Crippen LogP contribution in [0.5, 0.6) is 5.75 Å². The largest absolute Gasteiger partial charge is 0.496 e. The number of piperidine rings is 1. The predicted octanol–water partition coefficient (Wildman–Crippen LogP) is 3.23. The van der Waals surface area contributed by atoms with Crippen molar-refractivity contribution in [2.24, 2.45) is 4.99 Å². The highest BCUT2D eigenvalue weighted by Gasteiger charge is 2.24. The Morgan fingerprint density at radius 2 is 2.00 bits per heavy atom. The van der Waals surface area contributed by atoms with Crippen LogP contribution in [0.4, 0.5) is 0 Å². The molecule has 0 amide bonds. The molecule has 2 heterocycles. The van der Waals surface area contributed by atoms with Gasteiger partial charge in [-0.2, -0.15) is 0 Å². The second-order valence-corrected chi connectivity index (χ2v) is 7.94. The third kappa shape index (κ3) is 7.48. The number of hydrogen-bond donors (Lipinski definition) is 1. The Bertz CT molecular complexity index is 747. The maximum atomic E-state index is 12.0. The summed E-state index contributed by atoms with van der Waals surface area (Å²) in [5.41, 5.74) is 1.37. The molecule has 2 fully saturated rings. The zero-order chi connectivity index (χ0) is 22.1. The number of likely N-dealkylation sites (tertiary alicyclic amines) is 1. The Kier molecular flexibility index (Phi) is 11.5. The SMILES string of the molecule is CN=C(NCc1ccc(OC)c(C(=O)OC)c1)N1CCC(OCC2CCCCO2)CC1.I. The summed E-state index contributed by atoms with van der Waals surface area (Å²) in [6, 6.07) is 5.50. The van der Waals surface area contributed by atoms with E-state index in [2.05, 4.69) is 15.2 Å². The van der Waals surface area contributed by atoms with Crippen LogP contribution in [0.1, 0.15) is 48.0 Å². The molecule has 1 unspecified atom stereocenters. The predicted molar refractivity (Wildman–Crippen MR) is 134 cm³/mol. The molecule has 0 spiro atoms. The average Bonchev–Trinajstić information content (AvgIpc) is 2.83. The first-order valence-electron chi connectivity index (χ1n) is 11.1. The minimum absolute atomic E-state index is 0. The average molecular weight is 561 g/mol. The van der Waals surface area contributed by atoms with E-state index < -0.39 is 5.97 Å². The summed E-state index contributed by atoms with van der Waals surface area (Å²) < 4.78 is 22.0. The van der Waals surface area contributed by atoms with Crippen LogP contribution < -0.4 is 10.1 Å². The molecule has 32 heavy (non-hydrogen) atoms. The normalized spacial score (nSPS) is 19.8. The van der Waals surface area contributed by atoms with Crippen LogP contribution in [0, 0.1) is 0 Å². The van der Waals surface area contributed by atoms with Crippen LogP contribution in [0.15, 0.2) is 23.2 Å². The Morgan fingerprint density at radius 3 is 2.62 bits per heavy atom. The molecule has 3 rings (SSSR count). The van der Waals surface area contributed by atoms with E-state index in [-0.39, 0.29) is 36.2 Å². The number of aliphatic imine (C=N–C) groups is 1. The minimum Gasteiger partial charge on any atom is -0.496 e. The second-order valence-electron chi connectivity index (χ2n) is 7.94. The van der Waals surface area contributed by atoms with Gasteiger partial charge >= 0.3 is 5.97 Å². The number of nitrogens with zero attached hydrogens (tertiary/aromatic N) is 2. The van der Waals surface area contributed by atoms with Gasteiger partial charge in [-0.3, -0.25) is 4.99 Å². The van der Waals surface area contributed by atoms with Gasteiger partial charge in [0.2, 0.25) is 0 Å². The summed E-state index contributed by atoms with van der Waals surface area (Å²) >= 11 is 0. The number of esters is 1. The summed E-state index contributed by atoms with van der Waals surface area (Å²) in [4.78, 5) is 18.7. The topological polar surface area (TPSA) is 81.6 Å². The van der Waals surface area contributed by atoms with Crippen LogP contribution in [0.25, 0.3) is 0 Å². The van der Waals surface area contributed by atoms with E-state index in [0.29, 0.717) is 24.5 Å². The Morgan fingerprint density at radius 1 is 1.22 bits per heavy atom. The third-order valence-electron chi connectivity index (χ3n) is 5.86. The minimum atomic E-state index is -0.413. The molecule has 1 N–H and O–H groups in total. The molecule has 2 aliphatic heterocycles. The second kappa shape index (κ2) is 13.8. The van der Waals surface area contributed by atoms with Crippen LogP contribution in [0.2, 0.25) is 0 Å². The van der Waals surface area contributed by atoms with Gasteiger partial charge < -0.3 is 29.2 Å². The fourth-order valence-electron chi connectivity index (χ4n) is 4.06. The van der Waals surface area contributed by atoms with Gasteiger partial charge in [0.25, 0.3) is 0 Å². The molecule has 2 aliphatic rings. The summed E-state index contributed by atoms with van der Waals surface area (Å²) in [5.74, 6) is 0.939. The molecular formula is C23H36IN3O5. The smallest absolute Gasteiger partial charge is 0.341 e. The quantitative estimate of drug-likeness (QED) is 0.237. The van der Waals surface area contributed by atoms with E-state index in [1.54, 1.807) is 19.2 Å². The molecule has 1 aromatic rings. The van der Waals surface area contributed by atoms with Gasteiger partial charge in [0.1, 0.15) is 11.3 Å². The summed E-state index contributed by atoms with van der Waals surface area (Å²) in [7, 11) is 4.69. The molecule has 2 saturated heterocycles. The van der Waals surface area contributed by atoms with Crippen molar-refractivity contribution >= 4 is 35.9 Å². The standard InChI is InChI=1S/C23H35N3O5.HI/c1-24-23(25-15-17-7-8-21(28-2)20(14-17)22(27)29-3)26-11-9-18(10-12-26)31-16-19-6-4-5-13-30-19;/h7-8,14,18-19H,4-6,9-13,15-16H2,1-3H3,(H,24,25);1H. The first-order chi connectivity index (χ1) is 15.1. The van der Waals surface area contributed by atoms with Crippen LogP contribution in [-0.2, 0) is 20.8 Å². The van der Waals surface area contributed by atoms with Crippen molar-refractivity contribution in [3.8, 4) is 5.75 Å². The number of hydrogen-bond acceptors (Lipinski definition) is 6. The van der Waals surface area contributed by atoms with Crippen molar-refractivity contribution in [3.63, 3.8) is 0 Å². The highest BCUT2D eigenvalue weighted by atomic mass is 127. The van der Waals surface area contributed by atoms with E-state index in [9.17, 15) is 4.79 Å². The number of nitrogens with one attached hydrogen (secondary N) is 1. The summed E-state index contributed by atoms with van der Waals surface area (Å²) in [6.07, 6.45) is 6.01. The Hall–Kier alpha value is -1.59. The van der Waals surface area contributed by atoms with Crippen molar-refractivity contribution in [2.45, 2.75) is 50.9 Å². The maximum Gasteiger partial charge on any atom is 0.341 e. The van der Waals surface area contributed by atoms with Crippen molar-refractivity contribution in [3.05, 3.63) is 29.3 Å². The summed E-state index contributed by atoms with van der Waals surface area (Å²) in [5, 5.41) is 3.40. The molecule has 1 aromatic carbocycles. The number of benzene rings is 1. The molecular weight excluding hydrogens is 525 g/mol. The van der Waals surface area contributed by atoms with Gasteiger partial charge in [-0.1, -0.05) is 6.07 Å². The van der Waals surface area contributed by atoms with E-state index >= 15 is 0 Å². The van der Waals surface area contributed by atoms with Crippen molar-refractivity contribution in [1.82, 2.24) is 10.2 Å². The van der Waals surface area contributed by atoms with E-state index in [0.717, 1.165) is 50.5 Å². The lowest BCUT2D eigenvalue weighted by Crippen LogP contribution is -2.47. The van der Waals surface area contributed by atoms with Crippen LogP contribution >= 0.6 is 24.0 Å². The van der Waals surface area contributed by atoms with Gasteiger partial charge in [-0.15, -0.1) is 24.0 Å². The maximum absolute atomic E-state index is 12.0. The first kappa shape index (κ1) is 26.7. The monoisotopic (exact) mass is 561 g/mol. The van der Waals surface area contributed by atoms with Gasteiger partial charge in [0, 0.05) is 33.3 Å². The van der Waals surface area contributed by atoms with Gasteiger partial charge in [0.15, 0.2) is 5.96 Å². The number of ether oxygens (including phenoxy) is 4. The zero-order valence-corrected chi connectivity index (χ0v) is 21.6. The molecule has 8 nitrogen and oxygen atoms in total. The lowest BCUT2D eigenvalue weighted by Gasteiger charge is -2.35. The van der Waals surface area contributed by atoms with Gasteiger partial charge in [-0.05, 0) is 49.8 Å². The Balaban J connectivity index is 0.00000363. The molecule has 0 aromatic heterocycles. The molecule has 0 aliphatic carbocycles. The Labute approximate surface area is 208 Å². The number of carbonyl (C=O) groups excluding carboxylic acids is 1. The summed E-state index contributed by atoms with van der Waals surface area (Å²) in [6.45, 7) is 3.91. The van der Waals surface area contributed by atoms with Crippen LogP contribution in [-0.4, -0.2) is 76.6 Å². The molecule has 0 saturated carbocycles. The zero-order valence-electron chi connectivity index (χ0n) is 19.3. The van der Waals surface area contributed by atoms with E-state index in [4.69, 9.17) is 18.9 Å². The van der Waals surface area contributed by atoms with Gasteiger partial charge in [-0.25, -0.2) is 4.79 Å². The molecule has 1 atom stereocenters. The number of carbonyl (C=O) groups is 1. The highest BCUT2D eigenvalue weighted by molar-refractivity contribution is 14.0.